The fourth-order valence-electron chi connectivity index (χ4n) is 0. The zero-order chi connectivity index (χ0) is 8.73. The van der Waals surface area contributed by atoms with Crippen molar-refractivity contribution >= 4 is 15.9 Å². The summed E-state index contributed by atoms with van der Waals surface area (Å²) in [6.07, 6.45) is -4.16. The number of hydrogen-bond donors (Lipinski definition) is 0. The van der Waals surface area contributed by atoms with Gasteiger partial charge in [0.1, 0.15) is 0 Å². The van der Waals surface area contributed by atoms with E-state index in [1.807, 2.05) is 15.9 Å². The molecule has 0 atom stereocenters. The minimum absolute atomic E-state index is 1.59. The third kappa shape index (κ3) is 25.5. The lowest BCUT2D eigenvalue weighted by Gasteiger charge is -1.71. The van der Waals surface area contributed by atoms with Crippen LogP contribution in [0.3, 0.4) is 0 Å². The van der Waals surface area contributed by atoms with E-state index in [0.717, 1.165) is 0 Å². The minimum atomic E-state index is -2.32. The highest BCUT2D eigenvalue weighted by molar-refractivity contribution is 9.11. The lowest BCUT2D eigenvalue weighted by molar-refractivity contribution is 0.396. The summed E-state index contributed by atoms with van der Waals surface area (Å²) >= 11 is 1.90. The first-order valence-electron chi connectivity index (χ1n) is 1.74. The Hall–Kier alpha value is -0.390. The number of rotatable bonds is 0. The molecular formula is C4H2BrF5. The number of hydrogen-bond acceptors (Lipinski definition) is 0. The molecule has 0 nitrogen and oxygen atoms in total. The van der Waals surface area contributed by atoms with Crippen molar-refractivity contribution in [1.29, 1.82) is 0 Å². The first-order chi connectivity index (χ1) is 4.37. The van der Waals surface area contributed by atoms with Crippen LogP contribution in [0.2, 0.25) is 0 Å². The van der Waals surface area contributed by atoms with Crippen molar-refractivity contribution in [2.75, 3.05) is 0 Å². The largest absolute Gasteiger partial charge is 0.312 e. The van der Waals surface area contributed by atoms with Crippen molar-refractivity contribution in [2.45, 2.75) is 0 Å². The molecular weight excluding hydrogens is 223 g/mol. The summed E-state index contributed by atoms with van der Waals surface area (Å²) in [6, 6.07) is 0. The van der Waals surface area contributed by atoms with Gasteiger partial charge in [0.15, 0.2) is 0 Å². The third-order valence-corrected chi connectivity index (χ3v) is 0.443. The highest BCUT2D eigenvalue weighted by atomic mass is 79.9. The standard InChI is InChI=1S/C2BrF3.C2H2F2/c3-1(4)2(5)6;1-2(3)4/h;1H2. The molecule has 0 aromatic carbocycles. The van der Waals surface area contributed by atoms with E-state index in [0.29, 0.717) is 0 Å². The van der Waals surface area contributed by atoms with E-state index >= 15 is 0 Å². The first-order valence-corrected chi connectivity index (χ1v) is 2.53. The van der Waals surface area contributed by atoms with Crippen LogP contribution in [0.1, 0.15) is 0 Å². The SMILES string of the molecule is C=C(F)F.FC(F)=C(F)Br. The molecule has 0 fully saturated rings. The van der Waals surface area contributed by atoms with Crippen molar-refractivity contribution in [3.63, 3.8) is 0 Å². The maximum Gasteiger partial charge on any atom is 0.312 e. The molecule has 0 aromatic rings. The fraction of sp³-hybridized carbons (Fsp3) is 0. The molecule has 0 radical (unpaired) electrons. The van der Waals surface area contributed by atoms with Crippen LogP contribution in [0.5, 0.6) is 0 Å². The van der Waals surface area contributed by atoms with Crippen LogP contribution < -0.4 is 0 Å². The van der Waals surface area contributed by atoms with E-state index in [9.17, 15) is 22.0 Å². The normalized spacial score (nSPS) is 7.40. The van der Waals surface area contributed by atoms with E-state index in [2.05, 4.69) is 6.58 Å². The Balaban J connectivity index is 0. The Morgan fingerprint density at radius 2 is 1.10 bits per heavy atom. The van der Waals surface area contributed by atoms with Gasteiger partial charge < -0.3 is 0 Å². The van der Waals surface area contributed by atoms with Crippen molar-refractivity contribution < 1.29 is 22.0 Å². The average molecular weight is 225 g/mol. The summed E-state index contributed by atoms with van der Waals surface area (Å²) in [5.74, 6) is 0. The van der Waals surface area contributed by atoms with E-state index < -0.39 is 16.9 Å². The van der Waals surface area contributed by atoms with Crippen molar-refractivity contribution in [2.24, 2.45) is 0 Å². The van der Waals surface area contributed by atoms with Gasteiger partial charge in [0.05, 0.1) is 0 Å². The summed E-state index contributed by atoms with van der Waals surface area (Å²) in [5.41, 5.74) is 0. The highest BCUT2D eigenvalue weighted by Gasteiger charge is 1.94. The quantitative estimate of drug-likeness (QED) is 0.549. The van der Waals surface area contributed by atoms with Gasteiger partial charge in [-0.05, 0) is 22.5 Å². The Morgan fingerprint density at radius 1 is 1.00 bits per heavy atom. The van der Waals surface area contributed by atoms with Crippen LogP contribution in [0.25, 0.3) is 0 Å². The molecule has 0 heterocycles. The van der Waals surface area contributed by atoms with Gasteiger partial charge in [0.25, 0.3) is 6.08 Å². The monoisotopic (exact) mass is 224 g/mol. The lowest BCUT2D eigenvalue weighted by Crippen LogP contribution is -1.53. The molecule has 0 bridgehead atoms. The predicted molar refractivity (Wildman–Crippen MR) is 30.6 cm³/mol. The van der Waals surface area contributed by atoms with Gasteiger partial charge in [-0.2, -0.15) is 22.0 Å². The molecule has 0 aliphatic carbocycles. The van der Waals surface area contributed by atoms with Gasteiger partial charge in [-0.3, -0.25) is 0 Å². The zero-order valence-electron chi connectivity index (χ0n) is 4.47. The molecule has 0 N–H and O–H groups in total. The van der Waals surface area contributed by atoms with Crippen LogP contribution in [0.4, 0.5) is 22.0 Å². The highest BCUT2D eigenvalue weighted by Crippen LogP contribution is 2.14. The smallest absolute Gasteiger partial charge is 0.193 e. The second-order valence-corrected chi connectivity index (χ2v) is 1.56. The van der Waals surface area contributed by atoms with Crippen LogP contribution in [0.15, 0.2) is 23.5 Å². The Morgan fingerprint density at radius 3 is 1.10 bits per heavy atom. The average Bonchev–Trinajstić information content (AvgIpc) is 1.63. The summed E-state index contributed by atoms with van der Waals surface area (Å²) in [7, 11) is 0. The van der Waals surface area contributed by atoms with Gasteiger partial charge in [0.2, 0.25) is 4.74 Å². The van der Waals surface area contributed by atoms with E-state index in [-0.39, 0.29) is 0 Å². The van der Waals surface area contributed by atoms with Crippen LogP contribution in [0, 0.1) is 0 Å². The van der Waals surface area contributed by atoms with Gasteiger partial charge in [-0.1, -0.05) is 0 Å². The van der Waals surface area contributed by atoms with Gasteiger partial charge in [0, 0.05) is 0 Å². The lowest BCUT2D eigenvalue weighted by atomic mass is 11.1. The fourth-order valence-corrected chi connectivity index (χ4v) is 0. The Bertz CT molecular complexity index is 119. The second-order valence-electron chi connectivity index (χ2n) is 0.860. The van der Waals surface area contributed by atoms with Gasteiger partial charge in [-0.25, -0.2) is 0 Å². The van der Waals surface area contributed by atoms with Crippen LogP contribution in [-0.2, 0) is 0 Å². The summed E-state index contributed by atoms with van der Waals surface area (Å²) in [4.78, 5) is 0. The van der Waals surface area contributed by atoms with E-state index in [4.69, 9.17) is 0 Å². The molecule has 0 saturated heterocycles. The van der Waals surface area contributed by atoms with Crippen molar-refractivity contribution in [3.05, 3.63) is 23.5 Å². The van der Waals surface area contributed by atoms with Crippen molar-refractivity contribution in [1.82, 2.24) is 0 Å². The molecule has 0 spiro atoms. The molecule has 0 amide bonds. The second kappa shape index (κ2) is 6.73. The molecule has 10 heavy (non-hydrogen) atoms. The van der Waals surface area contributed by atoms with Crippen molar-refractivity contribution in [3.8, 4) is 0 Å². The molecule has 0 saturated carbocycles. The summed E-state index contributed by atoms with van der Waals surface area (Å²) < 4.78 is 50.8. The molecule has 60 valence electrons. The third-order valence-electron chi connectivity index (χ3n) is 0.143. The summed E-state index contributed by atoms with van der Waals surface area (Å²) in [5, 5.41) is 0. The zero-order valence-corrected chi connectivity index (χ0v) is 6.06. The molecule has 0 rings (SSSR count). The van der Waals surface area contributed by atoms with Crippen LogP contribution >= 0.6 is 15.9 Å². The molecule has 0 unspecified atom stereocenters. The predicted octanol–water partition coefficient (Wildman–Crippen LogP) is 3.81. The topological polar surface area (TPSA) is 0 Å². The van der Waals surface area contributed by atoms with Gasteiger partial charge in [-0.15, -0.1) is 0 Å². The molecule has 0 aliphatic heterocycles. The maximum atomic E-state index is 10.9. The molecule has 6 heteroatoms. The Labute approximate surface area is 62.2 Å². The van der Waals surface area contributed by atoms with E-state index in [1.54, 1.807) is 0 Å². The van der Waals surface area contributed by atoms with Crippen LogP contribution in [-0.4, -0.2) is 0 Å². The number of halogens is 6. The summed E-state index contributed by atoms with van der Waals surface area (Å²) in [6.45, 7) is 2.22. The minimum Gasteiger partial charge on any atom is -0.193 e. The van der Waals surface area contributed by atoms with E-state index in [1.165, 1.54) is 0 Å². The first kappa shape index (κ1) is 12.3. The van der Waals surface area contributed by atoms with Gasteiger partial charge >= 0.3 is 6.08 Å². The maximum absolute atomic E-state index is 10.9. The molecule has 0 aromatic heterocycles. The molecule has 0 aliphatic rings. The Kier molecular flexibility index (Phi) is 8.27.